The third-order valence-electron chi connectivity index (χ3n) is 8.41. The van der Waals surface area contributed by atoms with Crippen molar-refractivity contribution in [1.82, 2.24) is 0 Å². The van der Waals surface area contributed by atoms with Gasteiger partial charge < -0.3 is 39.7 Å². The lowest BCUT2D eigenvalue weighted by Gasteiger charge is -2.54. The van der Waals surface area contributed by atoms with E-state index in [0.29, 0.717) is 6.61 Å². The zero-order valence-corrected chi connectivity index (χ0v) is 17.5. The van der Waals surface area contributed by atoms with Gasteiger partial charge in [-0.15, -0.1) is 0 Å². The Morgan fingerprint density at radius 3 is 2.45 bits per heavy atom. The molecule has 29 heavy (non-hydrogen) atoms. The van der Waals surface area contributed by atoms with Gasteiger partial charge in [0.25, 0.3) is 0 Å². The molecular weight excluding hydrogens is 380 g/mol. The maximum Gasteiger partial charge on any atom is 0.187 e. The second-order valence-electron chi connectivity index (χ2n) is 10.3. The summed E-state index contributed by atoms with van der Waals surface area (Å²) < 4.78 is 17.9. The first-order chi connectivity index (χ1) is 13.5. The van der Waals surface area contributed by atoms with Crippen LogP contribution in [-0.4, -0.2) is 86.8 Å². The van der Waals surface area contributed by atoms with Crippen LogP contribution < -0.4 is 0 Å². The first kappa shape index (κ1) is 21.9. The molecule has 2 heterocycles. The number of aliphatic hydroxyl groups excluding tert-OH is 5. The van der Waals surface area contributed by atoms with Crippen molar-refractivity contribution in [2.75, 3.05) is 13.2 Å². The second-order valence-corrected chi connectivity index (χ2v) is 10.3. The summed E-state index contributed by atoms with van der Waals surface area (Å²) in [6.45, 7) is 6.17. The minimum atomic E-state index is -1.45. The first-order valence-corrected chi connectivity index (χ1v) is 10.8. The molecule has 4 rings (SSSR count). The number of ether oxygens (including phenoxy) is 3. The fourth-order valence-corrected chi connectivity index (χ4v) is 6.33. The molecule has 2 saturated carbocycles. The molecule has 2 aliphatic carbocycles. The van der Waals surface area contributed by atoms with E-state index < -0.39 is 42.9 Å². The molecule has 0 spiro atoms. The van der Waals surface area contributed by atoms with Crippen LogP contribution >= 0.6 is 0 Å². The van der Waals surface area contributed by atoms with Gasteiger partial charge in [-0.3, -0.25) is 0 Å². The van der Waals surface area contributed by atoms with Gasteiger partial charge in [0.1, 0.15) is 24.4 Å². The van der Waals surface area contributed by atoms with Crippen LogP contribution in [0.5, 0.6) is 0 Å². The molecule has 2 saturated heterocycles. The van der Waals surface area contributed by atoms with Gasteiger partial charge >= 0.3 is 0 Å². The average Bonchev–Trinajstić information content (AvgIpc) is 2.93. The molecule has 2 aliphatic heterocycles. The van der Waals surface area contributed by atoms with Crippen molar-refractivity contribution < 1.29 is 39.7 Å². The lowest BCUT2D eigenvalue weighted by molar-refractivity contribution is -0.330. The normalized spacial score (nSPS) is 53.0. The van der Waals surface area contributed by atoms with Gasteiger partial charge in [0.2, 0.25) is 0 Å². The number of hydrogen-bond donors (Lipinski definition) is 5. The summed E-state index contributed by atoms with van der Waals surface area (Å²) in [6.07, 6.45) is -2.52. The van der Waals surface area contributed by atoms with Gasteiger partial charge in [-0.05, 0) is 64.7 Å². The Balaban J connectivity index is 1.49. The Kier molecular flexibility index (Phi) is 5.57. The Labute approximate surface area is 171 Å². The van der Waals surface area contributed by atoms with Crippen LogP contribution in [0, 0.1) is 17.3 Å². The number of aliphatic hydroxyl groups is 5. The first-order valence-electron chi connectivity index (χ1n) is 10.8. The van der Waals surface area contributed by atoms with E-state index in [-0.39, 0.29) is 29.0 Å². The highest BCUT2D eigenvalue weighted by atomic mass is 16.7. The maximum absolute atomic E-state index is 10.8. The molecular formula is C21H36O8. The van der Waals surface area contributed by atoms with E-state index in [4.69, 9.17) is 14.2 Å². The van der Waals surface area contributed by atoms with E-state index in [1.807, 2.05) is 13.8 Å². The highest BCUT2D eigenvalue weighted by molar-refractivity contribution is 5.13. The maximum atomic E-state index is 10.8. The van der Waals surface area contributed by atoms with Crippen molar-refractivity contribution in [1.29, 1.82) is 0 Å². The van der Waals surface area contributed by atoms with Crippen molar-refractivity contribution in [3.8, 4) is 0 Å². The zero-order valence-electron chi connectivity index (χ0n) is 17.5. The molecule has 8 heteroatoms. The molecule has 8 nitrogen and oxygen atoms in total. The molecule has 4 fully saturated rings. The fraction of sp³-hybridized carbons (Fsp3) is 1.00. The monoisotopic (exact) mass is 416 g/mol. The van der Waals surface area contributed by atoms with E-state index >= 15 is 0 Å². The van der Waals surface area contributed by atoms with Crippen LogP contribution in [0.25, 0.3) is 0 Å². The summed E-state index contributed by atoms with van der Waals surface area (Å²) in [6, 6.07) is 0. The standard InChI is InChI=1S/C21H36O8/c1-19(2,29-18-17(26)16(25)15(24)12(9-22)28-18)11-4-7-21-10-27-20(3,13(21)8-11)6-5-14(21)23/h11-18,22-26H,4-10H2,1-3H3/t11-,12?,13?,14-,15?,16?,17?,18?,20+,21+/m1/s1. The highest BCUT2D eigenvalue weighted by Crippen LogP contribution is 2.62. The predicted molar refractivity (Wildman–Crippen MR) is 102 cm³/mol. The van der Waals surface area contributed by atoms with Crippen molar-refractivity contribution in [2.45, 2.75) is 101 Å². The fourth-order valence-electron chi connectivity index (χ4n) is 6.33. The Morgan fingerprint density at radius 1 is 1.03 bits per heavy atom. The summed E-state index contributed by atoms with van der Waals surface area (Å²) in [5, 5.41) is 50.5. The second kappa shape index (κ2) is 7.38. The predicted octanol–water partition coefficient (Wildman–Crippen LogP) is -0.0722. The smallest absolute Gasteiger partial charge is 0.187 e. The Hall–Kier alpha value is -0.320. The van der Waals surface area contributed by atoms with Crippen molar-refractivity contribution in [3.63, 3.8) is 0 Å². The van der Waals surface area contributed by atoms with Crippen LogP contribution in [0.2, 0.25) is 0 Å². The largest absolute Gasteiger partial charge is 0.394 e. The number of rotatable bonds is 4. The molecule has 4 aliphatic rings. The average molecular weight is 417 g/mol. The van der Waals surface area contributed by atoms with Gasteiger partial charge in [-0.25, -0.2) is 0 Å². The summed E-state index contributed by atoms with van der Waals surface area (Å²) >= 11 is 0. The minimum Gasteiger partial charge on any atom is -0.394 e. The van der Waals surface area contributed by atoms with Crippen molar-refractivity contribution in [2.24, 2.45) is 17.3 Å². The van der Waals surface area contributed by atoms with Gasteiger partial charge in [-0.1, -0.05) is 0 Å². The molecule has 168 valence electrons. The lowest BCUT2D eigenvalue weighted by Crippen LogP contribution is -2.61. The van der Waals surface area contributed by atoms with Crippen LogP contribution in [0.3, 0.4) is 0 Å². The van der Waals surface area contributed by atoms with E-state index in [9.17, 15) is 25.5 Å². The van der Waals surface area contributed by atoms with E-state index in [1.165, 1.54) is 0 Å². The summed E-state index contributed by atoms with van der Waals surface area (Å²) in [7, 11) is 0. The number of hydrogen-bond acceptors (Lipinski definition) is 8. The molecule has 0 aromatic heterocycles. The van der Waals surface area contributed by atoms with Gasteiger partial charge in [0.15, 0.2) is 6.29 Å². The van der Waals surface area contributed by atoms with Crippen molar-refractivity contribution in [3.05, 3.63) is 0 Å². The van der Waals surface area contributed by atoms with Crippen LogP contribution in [0.4, 0.5) is 0 Å². The molecule has 0 aromatic rings. The molecule has 6 unspecified atom stereocenters. The van der Waals surface area contributed by atoms with E-state index in [0.717, 1.165) is 32.1 Å². The topological polar surface area (TPSA) is 129 Å². The summed E-state index contributed by atoms with van der Waals surface area (Å²) in [5.41, 5.74) is -1.08. The quantitative estimate of drug-likeness (QED) is 0.431. The molecule has 0 radical (unpaired) electrons. The summed E-state index contributed by atoms with van der Waals surface area (Å²) in [4.78, 5) is 0. The van der Waals surface area contributed by atoms with Crippen molar-refractivity contribution >= 4 is 0 Å². The third kappa shape index (κ3) is 3.36. The molecule has 10 atom stereocenters. The van der Waals surface area contributed by atoms with Gasteiger partial charge in [0, 0.05) is 5.41 Å². The lowest BCUT2D eigenvalue weighted by atomic mass is 9.52. The SMILES string of the molecule is CC(C)(OC1OC(CO)C(O)C(O)C1O)[C@@H]1CC[C@@]23CO[C@@](C)(CC[C@H]2O)C3C1. The van der Waals surface area contributed by atoms with E-state index in [2.05, 4.69) is 6.92 Å². The Bertz CT molecular complexity index is 611. The molecule has 2 bridgehead atoms. The van der Waals surface area contributed by atoms with Gasteiger partial charge in [0.05, 0.1) is 30.5 Å². The third-order valence-corrected chi connectivity index (χ3v) is 8.41. The molecule has 0 amide bonds. The molecule has 5 N–H and O–H groups in total. The Morgan fingerprint density at radius 2 is 1.76 bits per heavy atom. The highest BCUT2D eigenvalue weighted by Gasteiger charge is 2.64. The summed E-state index contributed by atoms with van der Waals surface area (Å²) in [5.74, 6) is 0.398. The van der Waals surface area contributed by atoms with Crippen LogP contribution in [0.15, 0.2) is 0 Å². The van der Waals surface area contributed by atoms with Crippen LogP contribution in [0.1, 0.15) is 52.9 Å². The van der Waals surface area contributed by atoms with Crippen LogP contribution in [-0.2, 0) is 14.2 Å². The molecule has 0 aromatic carbocycles. The zero-order chi connectivity index (χ0) is 21.2. The van der Waals surface area contributed by atoms with Gasteiger partial charge in [-0.2, -0.15) is 0 Å². The minimum absolute atomic E-state index is 0.152. The van der Waals surface area contributed by atoms with E-state index in [1.54, 1.807) is 0 Å².